The molecule has 1 unspecified atom stereocenters. The maximum absolute atomic E-state index is 12.4. The Kier molecular flexibility index (Phi) is 4.69. The lowest BCUT2D eigenvalue weighted by Gasteiger charge is -2.33. The van der Waals surface area contributed by atoms with Crippen molar-refractivity contribution in [2.24, 2.45) is 16.4 Å². The van der Waals surface area contributed by atoms with Crippen molar-refractivity contribution in [3.05, 3.63) is 43.8 Å². The molecule has 2 aromatic heterocycles. The van der Waals surface area contributed by atoms with Crippen molar-refractivity contribution >= 4 is 34.8 Å². The lowest BCUT2D eigenvalue weighted by molar-refractivity contribution is 0.0954. The van der Waals surface area contributed by atoms with Gasteiger partial charge < -0.3 is 0 Å². The minimum Gasteiger partial charge on any atom is -0.267 e. The Hall–Kier alpha value is -1.46. The molecule has 0 spiro atoms. The Morgan fingerprint density at radius 3 is 2.91 bits per heavy atom. The van der Waals surface area contributed by atoms with Crippen LogP contribution in [0.15, 0.2) is 27.3 Å². The van der Waals surface area contributed by atoms with Crippen LogP contribution in [0.4, 0.5) is 0 Å². The zero-order valence-electron chi connectivity index (χ0n) is 13.8. The average Bonchev–Trinajstić information content (AvgIpc) is 3.14. The fraction of sp³-hybridized carbons (Fsp3) is 0.444. The highest BCUT2D eigenvalue weighted by Crippen LogP contribution is 2.40. The SMILES string of the molecule is CC(C)(C)C1CCc2c(C(=O)NN=Cc3ccsc3)csc2C1. The molecule has 0 radical (unpaired) electrons. The van der Waals surface area contributed by atoms with Crippen molar-refractivity contribution in [3.8, 4) is 0 Å². The Bertz CT molecular complexity index is 708. The van der Waals surface area contributed by atoms with Crippen molar-refractivity contribution in [2.45, 2.75) is 40.0 Å². The number of hydrogen-bond acceptors (Lipinski definition) is 4. The first-order valence-corrected chi connectivity index (χ1v) is 9.72. The highest BCUT2D eigenvalue weighted by Gasteiger charge is 2.31. The zero-order valence-corrected chi connectivity index (χ0v) is 15.4. The standard InChI is InChI=1S/C18H22N2OS2/c1-18(2,3)13-4-5-14-15(11-23-16(14)8-13)17(21)20-19-9-12-6-7-22-10-12/h6-7,9-11,13H,4-5,8H2,1-3H3,(H,20,21). The van der Waals surface area contributed by atoms with Gasteiger partial charge >= 0.3 is 0 Å². The van der Waals surface area contributed by atoms with Gasteiger partial charge in [0.25, 0.3) is 5.91 Å². The van der Waals surface area contributed by atoms with Crippen LogP contribution in [0.5, 0.6) is 0 Å². The minimum atomic E-state index is -0.0943. The summed E-state index contributed by atoms with van der Waals surface area (Å²) < 4.78 is 0. The van der Waals surface area contributed by atoms with Crippen LogP contribution < -0.4 is 5.43 Å². The summed E-state index contributed by atoms with van der Waals surface area (Å²) in [6, 6.07) is 1.97. The normalized spacial score (nSPS) is 18.1. The molecule has 3 nitrogen and oxygen atoms in total. The molecule has 5 heteroatoms. The number of thiophene rings is 2. The first-order chi connectivity index (χ1) is 10.9. The quantitative estimate of drug-likeness (QED) is 0.634. The van der Waals surface area contributed by atoms with Crippen LogP contribution in [-0.2, 0) is 12.8 Å². The molecule has 1 aliphatic carbocycles. The van der Waals surface area contributed by atoms with Crippen LogP contribution in [0.3, 0.4) is 0 Å². The molecule has 1 aliphatic rings. The van der Waals surface area contributed by atoms with Crippen molar-refractivity contribution in [3.63, 3.8) is 0 Å². The Morgan fingerprint density at radius 1 is 1.39 bits per heavy atom. The Morgan fingerprint density at radius 2 is 2.22 bits per heavy atom. The molecule has 1 atom stereocenters. The van der Waals surface area contributed by atoms with E-state index < -0.39 is 0 Å². The molecule has 0 bridgehead atoms. The number of hydrogen-bond donors (Lipinski definition) is 1. The van der Waals surface area contributed by atoms with Crippen molar-refractivity contribution in [1.82, 2.24) is 5.43 Å². The summed E-state index contributed by atoms with van der Waals surface area (Å²) in [4.78, 5) is 13.7. The summed E-state index contributed by atoms with van der Waals surface area (Å²) in [5.74, 6) is 0.601. The van der Waals surface area contributed by atoms with E-state index in [0.29, 0.717) is 11.3 Å². The van der Waals surface area contributed by atoms with Gasteiger partial charge in [0.1, 0.15) is 0 Å². The molecule has 1 amide bonds. The van der Waals surface area contributed by atoms with Gasteiger partial charge in [-0.1, -0.05) is 20.8 Å². The summed E-state index contributed by atoms with van der Waals surface area (Å²) in [6.07, 6.45) is 4.93. The van der Waals surface area contributed by atoms with Crippen molar-refractivity contribution in [1.29, 1.82) is 0 Å². The van der Waals surface area contributed by atoms with Gasteiger partial charge in [0.15, 0.2) is 0 Å². The van der Waals surface area contributed by atoms with E-state index in [4.69, 9.17) is 0 Å². The van der Waals surface area contributed by atoms with Gasteiger partial charge in [-0.3, -0.25) is 4.79 Å². The first-order valence-electron chi connectivity index (χ1n) is 7.90. The third-order valence-corrected chi connectivity index (χ3v) is 6.30. The number of nitrogens with zero attached hydrogens (tertiary/aromatic N) is 1. The lowest BCUT2D eigenvalue weighted by Crippen LogP contribution is -2.27. The second kappa shape index (κ2) is 6.57. The molecule has 1 N–H and O–H groups in total. The van der Waals surface area contributed by atoms with Crippen LogP contribution in [-0.4, -0.2) is 12.1 Å². The van der Waals surface area contributed by atoms with Gasteiger partial charge in [-0.05, 0) is 53.0 Å². The maximum Gasteiger partial charge on any atom is 0.272 e. The fourth-order valence-electron chi connectivity index (χ4n) is 3.02. The molecule has 0 saturated heterocycles. The Labute approximate surface area is 145 Å². The topological polar surface area (TPSA) is 41.5 Å². The predicted molar refractivity (Wildman–Crippen MR) is 98.7 cm³/mol. The van der Waals surface area contributed by atoms with Gasteiger partial charge in [-0.15, -0.1) is 11.3 Å². The summed E-state index contributed by atoms with van der Waals surface area (Å²) in [7, 11) is 0. The number of amides is 1. The van der Waals surface area contributed by atoms with Crippen molar-refractivity contribution < 1.29 is 4.79 Å². The van der Waals surface area contributed by atoms with Crippen LogP contribution in [0.2, 0.25) is 0 Å². The van der Waals surface area contributed by atoms with Crippen molar-refractivity contribution in [2.75, 3.05) is 0 Å². The number of nitrogens with one attached hydrogen (secondary N) is 1. The summed E-state index contributed by atoms with van der Waals surface area (Å²) >= 11 is 3.33. The highest BCUT2D eigenvalue weighted by molar-refractivity contribution is 7.10. The molecule has 2 aromatic rings. The zero-order chi connectivity index (χ0) is 16.4. The second-order valence-corrected chi connectivity index (χ2v) is 8.86. The van der Waals surface area contributed by atoms with Crippen LogP contribution >= 0.6 is 22.7 Å². The molecule has 3 rings (SSSR count). The third kappa shape index (κ3) is 3.72. The number of hydrazone groups is 1. The fourth-order valence-corrected chi connectivity index (χ4v) is 4.79. The van der Waals surface area contributed by atoms with Crippen LogP contribution in [0.1, 0.15) is 53.6 Å². The van der Waals surface area contributed by atoms with Gasteiger partial charge in [0.2, 0.25) is 0 Å². The summed E-state index contributed by atoms with van der Waals surface area (Å²) in [5, 5.41) is 10.0. The van der Waals surface area contributed by atoms with E-state index in [1.165, 1.54) is 10.4 Å². The van der Waals surface area contributed by atoms with E-state index in [1.807, 2.05) is 22.2 Å². The average molecular weight is 347 g/mol. The van der Waals surface area contributed by atoms with Crippen LogP contribution in [0.25, 0.3) is 0 Å². The molecule has 0 aromatic carbocycles. The first kappa shape index (κ1) is 16.4. The number of carbonyl (C=O) groups is 1. The summed E-state index contributed by atoms with van der Waals surface area (Å²) in [6.45, 7) is 6.93. The lowest BCUT2D eigenvalue weighted by atomic mass is 9.72. The molecular formula is C18H22N2OS2. The van der Waals surface area contributed by atoms with E-state index in [0.717, 1.165) is 30.4 Å². The van der Waals surface area contributed by atoms with Gasteiger partial charge in [-0.2, -0.15) is 16.4 Å². The van der Waals surface area contributed by atoms with Crippen LogP contribution in [0, 0.1) is 11.3 Å². The predicted octanol–water partition coefficient (Wildman–Crippen LogP) is 4.72. The monoisotopic (exact) mass is 346 g/mol. The van der Waals surface area contributed by atoms with E-state index in [9.17, 15) is 4.79 Å². The third-order valence-electron chi connectivity index (χ3n) is 4.55. The number of fused-ring (bicyclic) bond motifs is 1. The molecule has 122 valence electrons. The molecule has 0 aliphatic heterocycles. The van der Waals surface area contributed by atoms with E-state index in [1.54, 1.807) is 28.9 Å². The smallest absolute Gasteiger partial charge is 0.267 e. The Balaban J connectivity index is 1.68. The maximum atomic E-state index is 12.4. The van der Waals surface area contributed by atoms with Gasteiger partial charge in [0.05, 0.1) is 11.8 Å². The van der Waals surface area contributed by atoms with Gasteiger partial charge in [-0.25, -0.2) is 5.43 Å². The second-order valence-electron chi connectivity index (χ2n) is 7.11. The minimum absolute atomic E-state index is 0.0943. The number of carbonyl (C=O) groups excluding carboxylic acids is 1. The highest BCUT2D eigenvalue weighted by atomic mass is 32.1. The van der Waals surface area contributed by atoms with E-state index >= 15 is 0 Å². The van der Waals surface area contributed by atoms with Gasteiger partial charge in [0, 0.05) is 15.8 Å². The summed E-state index contributed by atoms with van der Waals surface area (Å²) in [5.41, 5.74) is 6.04. The largest absolute Gasteiger partial charge is 0.272 e. The molecule has 0 fully saturated rings. The number of rotatable bonds is 3. The molecule has 2 heterocycles. The molecular weight excluding hydrogens is 324 g/mol. The van der Waals surface area contributed by atoms with E-state index in [-0.39, 0.29) is 5.91 Å². The van der Waals surface area contributed by atoms with E-state index in [2.05, 4.69) is 31.3 Å². The molecule has 23 heavy (non-hydrogen) atoms. The molecule has 0 saturated carbocycles.